The van der Waals surface area contributed by atoms with Crippen LogP contribution in [0, 0.1) is 5.82 Å². The number of carboxylic acids is 1. The second-order valence-corrected chi connectivity index (χ2v) is 3.96. The Labute approximate surface area is 108 Å². The molecule has 5 nitrogen and oxygen atoms in total. The Bertz CT molecular complexity index is 446. The van der Waals surface area contributed by atoms with Crippen LogP contribution in [0.2, 0.25) is 0 Å². The molecule has 0 fully saturated rings. The standard InChI is InChI=1S/C11H12FNO4S/c12-6-2-1-3-8(14)9(6)10(15)13-7(4-5-18)11(16)17/h1-3,7,14,18H,4-5H2,(H,13,15)(H,16,17). The minimum absolute atomic E-state index is 0.0966. The summed E-state index contributed by atoms with van der Waals surface area (Å²) in [7, 11) is 0. The van der Waals surface area contributed by atoms with Gasteiger partial charge in [0.25, 0.3) is 5.91 Å². The van der Waals surface area contributed by atoms with Crippen LogP contribution in [0.1, 0.15) is 16.8 Å². The Hall–Kier alpha value is -1.76. The second-order valence-electron chi connectivity index (χ2n) is 3.51. The smallest absolute Gasteiger partial charge is 0.326 e. The number of aromatic hydroxyl groups is 1. The normalized spacial score (nSPS) is 11.9. The highest BCUT2D eigenvalue weighted by Crippen LogP contribution is 2.19. The molecule has 7 heteroatoms. The van der Waals surface area contributed by atoms with Gasteiger partial charge in [0, 0.05) is 0 Å². The molecule has 0 bridgehead atoms. The lowest BCUT2D eigenvalue weighted by molar-refractivity contribution is -0.139. The van der Waals surface area contributed by atoms with Crippen molar-refractivity contribution in [1.29, 1.82) is 0 Å². The summed E-state index contributed by atoms with van der Waals surface area (Å²) in [6.07, 6.45) is 0.0966. The molecule has 0 heterocycles. The Morgan fingerprint density at radius 2 is 2.11 bits per heavy atom. The topological polar surface area (TPSA) is 86.6 Å². The van der Waals surface area contributed by atoms with Crippen molar-refractivity contribution in [2.75, 3.05) is 5.75 Å². The number of halogens is 1. The number of phenols is 1. The molecule has 1 atom stereocenters. The van der Waals surface area contributed by atoms with Gasteiger partial charge in [0.2, 0.25) is 0 Å². The fraction of sp³-hybridized carbons (Fsp3) is 0.273. The highest BCUT2D eigenvalue weighted by molar-refractivity contribution is 7.80. The highest BCUT2D eigenvalue weighted by atomic mass is 32.1. The fourth-order valence-electron chi connectivity index (χ4n) is 1.35. The van der Waals surface area contributed by atoms with E-state index in [1.165, 1.54) is 6.07 Å². The number of carbonyl (C=O) groups excluding carboxylic acids is 1. The van der Waals surface area contributed by atoms with Gasteiger partial charge in [-0.3, -0.25) is 4.79 Å². The van der Waals surface area contributed by atoms with Gasteiger partial charge in [0.05, 0.1) is 0 Å². The van der Waals surface area contributed by atoms with Gasteiger partial charge < -0.3 is 15.5 Å². The lowest BCUT2D eigenvalue weighted by Crippen LogP contribution is -2.41. The summed E-state index contributed by atoms with van der Waals surface area (Å²) >= 11 is 3.87. The summed E-state index contributed by atoms with van der Waals surface area (Å²) in [5.41, 5.74) is -0.567. The van der Waals surface area contributed by atoms with E-state index in [1.54, 1.807) is 0 Å². The van der Waals surface area contributed by atoms with Crippen LogP contribution in [0.4, 0.5) is 4.39 Å². The number of hydrogen-bond acceptors (Lipinski definition) is 4. The van der Waals surface area contributed by atoms with E-state index in [9.17, 15) is 19.1 Å². The number of aliphatic carboxylic acids is 1. The zero-order chi connectivity index (χ0) is 13.7. The van der Waals surface area contributed by atoms with Crippen molar-refractivity contribution in [1.82, 2.24) is 5.32 Å². The molecule has 0 spiro atoms. The van der Waals surface area contributed by atoms with E-state index in [-0.39, 0.29) is 12.2 Å². The van der Waals surface area contributed by atoms with Crippen LogP contribution in [0.3, 0.4) is 0 Å². The maximum Gasteiger partial charge on any atom is 0.326 e. The first-order valence-electron chi connectivity index (χ1n) is 5.09. The minimum Gasteiger partial charge on any atom is -0.507 e. The summed E-state index contributed by atoms with van der Waals surface area (Å²) in [4.78, 5) is 22.5. The van der Waals surface area contributed by atoms with E-state index in [0.29, 0.717) is 0 Å². The van der Waals surface area contributed by atoms with Crippen molar-refractivity contribution in [3.8, 4) is 5.75 Å². The molecule has 0 aromatic heterocycles. The van der Waals surface area contributed by atoms with Crippen molar-refractivity contribution in [3.05, 3.63) is 29.6 Å². The van der Waals surface area contributed by atoms with E-state index in [1.807, 2.05) is 0 Å². The first kappa shape index (κ1) is 14.3. The largest absolute Gasteiger partial charge is 0.507 e. The third kappa shape index (κ3) is 3.36. The average Bonchev–Trinajstić information content (AvgIpc) is 2.28. The van der Waals surface area contributed by atoms with Crippen molar-refractivity contribution >= 4 is 24.5 Å². The number of rotatable bonds is 5. The fourth-order valence-corrected chi connectivity index (χ4v) is 1.61. The van der Waals surface area contributed by atoms with Crippen LogP contribution in [-0.2, 0) is 4.79 Å². The van der Waals surface area contributed by atoms with Gasteiger partial charge in [-0.25, -0.2) is 9.18 Å². The van der Waals surface area contributed by atoms with Crippen LogP contribution in [0.15, 0.2) is 18.2 Å². The molecule has 0 aliphatic heterocycles. The molecule has 0 saturated carbocycles. The summed E-state index contributed by atoms with van der Waals surface area (Å²) in [6.45, 7) is 0. The lowest BCUT2D eigenvalue weighted by Gasteiger charge is -2.14. The SMILES string of the molecule is O=C(NC(CCS)C(=O)O)c1c(O)cccc1F. The van der Waals surface area contributed by atoms with Gasteiger partial charge in [-0.05, 0) is 24.3 Å². The molecular weight excluding hydrogens is 261 g/mol. The first-order valence-corrected chi connectivity index (χ1v) is 5.72. The van der Waals surface area contributed by atoms with Gasteiger partial charge in [-0.2, -0.15) is 12.6 Å². The van der Waals surface area contributed by atoms with Crippen molar-refractivity contribution in [2.45, 2.75) is 12.5 Å². The van der Waals surface area contributed by atoms with E-state index in [2.05, 4.69) is 17.9 Å². The van der Waals surface area contributed by atoms with E-state index in [0.717, 1.165) is 12.1 Å². The van der Waals surface area contributed by atoms with Gasteiger partial charge in [-0.1, -0.05) is 6.07 Å². The summed E-state index contributed by atoms with van der Waals surface area (Å²) < 4.78 is 13.4. The lowest BCUT2D eigenvalue weighted by atomic mass is 10.1. The van der Waals surface area contributed by atoms with Gasteiger partial charge in [0.15, 0.2) is 0 Å². The average molecular weight is 273 g/mol. The molecule has 3 N–H and O–H groups in total. The number of hydrogen-bond donors (Lipinski definition) is 4. The number of benzene rings is 1. The van der Waals surface area contributed by atoms with Crippen molar-refractivity contribution in [2.24, 2.45) is 0 Å². The summed E-state index contributed by atoms with van der Waals surface area (Å²) in [5.74, 6) is -3.42. The van der Waals surface area contributed by atoms with Gasteiger partial charge in [-0.15, -0.1) is 0 Å². The molecule has 0 aliphatic carbocycles. The van der Waals surface area contributed by atoms with Crippen LogP contribution in [0.5, 0.6) is 5.75 Å². The maximum absolute atomic E-state index is 13.4. The van der Waals surface area contributed by atoms with Gasteiger partial charge >= 0.3 is 5.97 Å². The van der Waals surface area contributed by atoms with Crippen LogP contribution in [-0.4, -0.2) is 33.9 Å². The monoisotopic (exact) mass is 273 g/mol. The molecule has 1 amide bonds. The molecule has 1 aromatic rings. The molecule has 18 heavy (non-hydrogen) atoms. The Morgan fingerprint density at radius 3 is 2.61 bits per heavy atom. The molecular formula is C11H12FNO4S. The Balaban J connectivity index is 2.90. The number of carbonyl (C=O) groups is 2. The number of nitrogens with one attached hydrogen (secondary N) is 1. The molecule has 0 aliphatic rings. The molecule has 1 unspecified atom stereocenters. The third-order valence-electron chi connectivity index (χ3n) is 2.24. The number of amides is 1. The van der Waals surface area contributed by atoms with Gasteiger partial charge in [0.1, 0.15) is 23.2 Å². The maximum atomic E-state index is 13.4. The van der Waals surface area contributed by atoms with E-state index in [4.69, 9.17) is 5.11 Å². The van der Waals surface area contributed by atoms with Crippen LogP contribution >= 0.6 is 12.6 Å². The number of thiol groups is 1. The molecule has 0 saturated heterocycles. The quantitative estimate of drug-likeness (QED) is 0.604. The predicted octanol–water partition coefficient (Wildman–Crippen LogP) is 1.03. The molecule has 1 aromatic carbocycles. The Morgan fingerprint density at radius 1 is 1.44 bits per heavy atom. The molecule has 1 rings (SSSR count). The zero-order valence-corrected chi connectivity index (χ0v) is 10.2. The number of carboxylic acid groups (broad SMARTS) is 1. The van der Waals surface area contributed by atoms with Crippen LogP contribution < -0.4 is 5.32 Å². The summed E-state index contributed by atoms with van der Waals surface area (Å²) in [6, 6.07) is 2.22. The molecule has 98 valence electrons. The third-order valence-corrected chi connectivity index (χ3v) is 2.50. The van der Waals surface area contributed by atoms with E-state index < -0.39 is 35.0 Å². The zero-order valence-electron chi connectivity index (χ0n) is 9.26. The molecule has 0 radical (unpaired) electrons. The number of phenolic OH excluding ortho intramolecular Hbond substituents is 1. The minimum atomic E-state index is -1.24. The first-order chi connectivity index (χ1) is 8.47. The van der Waals surface area contributed by atoms with Crippen molar-refractivity contribution in [3.63, 3.8) is 0 Å². The van der Waals surface area contributed by atoms with Crippen LogP contribution in [0.25, 0.3) is 0 Å². The van der Waals surface area contributed by atoms with E-state index >= 15 is 0 Å². The second kappa shape index (κ2) is 6.25. The Kier molecular flexibility index (Phi) is 4.96. The van der Waals surface area contributed by atoms with Crippen molar-refractivity contribution < 1.29 is 24.2 Å². The summed E-state index contributed by atoms with van der Waals surface area (Å²) in [5, 5.41) is 20.3. The highest BCUT2D eigenvalue weighted by Gasteiger charge is 2.23. The predicted molar refractivity (Wildman–Crippen MR) is 65.4 cm³/mol.